The Kier molecular flexibility index (Phi) is 9.27. The number of hydrogen-bond donors (Lipinski definition) is 0. The van der Waals surface area contributed by atoms with Crippen molar-refractivity contribution in [3.8, 4) is 11.5 Å². The minimum Gasteiger partial charge on any atom is -0.497 e. The first kappa shape index (κ1) is 24.3. The molecule has 0 aliphatic carbocycles. The van der Waals surface area contributed by atoms with E-state index in [-0.39, 0.29) is 5.60 Å². The van der Waals surface area contributed by atoms with E-state index in [4.69, 9.17) is 9.47 Å². The van der Waals surface area contributed by atoms with Crippen molar-refractivity contribution in [1.29, 1.82) is 0 Å². The summed E-state index contributed by atoms with van der Waals surface area (Å²) < 4.78 is 11.9. The lowest BCUT2D eigenvalue weighted by Gasteiger charge is -2.37. The predicted octanol–water partition coefficient (Wildman–Crippen LogP) is 8.29. The molecule has 0 aromatic heterocycles. The number of benzene rings is 1. The van der Waals surface area contributed by atoms with Gasteiger partial charge in [-0.3, -0.25) is 0 Å². The molecule has 0 N–H and O–H groups in total. The number of fused-ring (bicyclic) bond motifs is 1. The number of rotatable bonds is 10. The van der Waals surface area contributed by atoms with Gasteiger partial charge in [0.2, 0.25) is 0 Å². The van der Waals surface area contributed by atoms with Crippen LogP contribution in [0.3, 0.4) is 0 Å². The second kappa shape index (κ2) is 11.4. The summed E-state index contributed by atoms with van der Waals surface area (Å²) >= 11 is 0. The molecule has 1 aliphatic heterocycles. The first-order valence-electron chi connectivity index (χ1n) is 11.5. The molecule has 2 rings (SSSR count). The van der Waals surface area contributed by atoms with Crippen molar-refractivity contribution >= 4 is 0 Å². The second-order valence-corrected chi connectivity index (χ2v) is 9.48. The predicted molar refractivity (Wildman–Crippen MR) is 130 cm³/mol. The van der Waals surface area contributed by atoms with Gasteiger partial charge in [0.25, 0.3) is 0 Å². The maximum absolute atomic E-state index is 6.50. The van der Waals surface area contributed by atoms with Gasteiger partial charge in [0.15, 0.2) is 0 Å². The van der Waals surface area contributed by atoms with E-state index in [1.807, 2.05) is 0 Å². The van der Waals surface area contributed by atoms with Crippen molar-refractivity contribution in [1.82, 2.24) is 0 Å². The maximum atomic E-state index is 6.50. The molecule has 0 amide bonds. The molecule has 0 saturated heterocycles. The third-order valence-corrected chi connectivity index (χ3v) is 6.12. The van der Waals surface area contributed by atoms with Crippen molar-refractivity contribution in [3.05, 3.63) is 58.2 Å². The standard InChI is InChI=1S/C28H42O2/c1-21(2)11-8-12-22(3)13-9-14-23(4)15-10-17-28(6)18-16-25-20-26(29-7)19-24(5)27(25)30-28/h11,13,15,19-20H,8-10,12,14,16-18H2,1-7H3. The largest absolute Gasteiger partial charge is 0.497 e. The Labute approximate surface area is 185 Å². The van der Waals surface area contributed by atoms with Crippen LogP contribution in [-0.4, -0.2) is 12.7 Å². The fourth-order valence-corrected chi connectivity index (χ4v) is 4.10. The summed E-state index contributed by atoms with van der Waals surface area (Å²) in [5.74, 6) is 2.00. The molecule has 1 aliphatic rings. The lowest BCUT2D eigenvalue weighted by Crippen LogP contribution is -2.36. The Morgan fingerprint density at radius 1 is 1.00 bits per heavy atom. The molecule has 1 heterocycles. The van der Waals surface area contributed by atoms with Gasteiger partial charge in [-0.1, -0.05) is 34.9 Å². The van der Waals surface area contributed by atoms with Gasteiger partial charge in [-0.05, 0) is 116 Å². The number of methoxy groups -OCH3 is 1. The molecule has 0 radical (unpaired) electrons. The Balaban J connectivity index is 1.81. The summed E-state index contributed by atoms with van der Waals surface area (Å²) in [6.07, 6.45) is 16.0. The molecule has 1 atom stereocenters. The third kappa shape index (κ3) is 7.70. The molecule has 30 heavy (non-hydrogen) atoms. The fraction of sp³-hybridized carbons (Fsp3) is 0.571. The van der Waals surface area contributed by atoms with Crippen LogP contribution in [-0.2, 0) is 6.42 Å². The topological polar surface area (TPSA) is 18.5 Å². The molecular formula is C28H42O2. The average Bonchev–Trinajstić information content (AvgIpc) is 2.68. The number of aryl methyl sites for hydroxylation is 2. The van der Waals surface area contributed by atoms with Gasteiger partial charge in [0.1, 0.15) is 17.1 Å². The minimum atomic E-state index is -0.0788. The van der Waals surface area contributed by atoms with Crippen molar-refractivity contribution in [2.24, 2.45) is 0 Å². The molecule has 2 nitrogen and oxygen atoms in total. The van der Waals surface area contributed by atoms with E-state index in [2.05, 4.69) is 71.9 Å². The molecule has 2 heteroatoms. The zero-order valence-electron chi connectivity index (χ0n) is 20.4. The van der Waals surface area contributed by atoms with Gasteiger partial charge in [-0.2, -0.15) is 0 Å². The molecule has 0 bridgehead atoms. The summed E-state index contributed by atoms with van der Waals surface area (Å²) in [5.41, 5.74) is 6.79. The third-order valence-electron chi connectivity index (χ3n) is 6.12. The number of allylic oxidation sites excluding steroid dienone is 6. The van der Waals surface area contributed by atoms with Gasteiger partial charge in [0, 0.05) is 0 Å². The first-order valence-corrected chi connectivity index (χ1v) is 11.5. The van der Waals surface area contributed by atoms with Gasteiger partial charge >= 0.3 is 0 Å². The monoisotopic (exact) mass is 410 g/mol. The minimum absolute atomic E-state index is 0.0788. The zero-order chi connectivity index (χ0) is 22.1. The quantitative estimate of drug-likeness (QED) is 0.361. The maximum Gasteiger partial charge on any atom is 0.126 e. The van der Waals surface area contributed by atoms with Crippen molar-refractivity contribution < 1.29 is 9.47 Å². The number of ether oxygens (including phenoxy) is 2. The van der Waals surface area contributed by atoms with Gasteiger partial charge < -0.3 is 9.47 Å². The highest BCUT2D eigenvalue weighted by Gasteiger charge is 2.32. The molecule has 1 aromatic carbocycles. The number of hydrogen-bond acceptors (Lipinski definition) is 2. The van der Waals surface area contributed by atoms with Crippen LogP contribution in [0.4, 0.5) is 0 Å². The van der Waals surface area contributed by atoms with E-state index in [1.54, 1.807) is 7.11 Å². The van der Waals surface area contributed by atoms with E-state index in [1.165, 1.54) is 34.3 Å². The van der Waals surface area contributed by atoms with Crippen LogP contribution in [0.15, 0.2) is 47.1 Å². The van der Waals surface area contributed by atoms with E-state index in [0.29, 0.717) is 0 Å². The summed E-state index contributed by atoms with van der Waals surface area (Å²) in [4.78, 5) is 0. The highest BCUT2D eigenvalue weighted by molar-refractivity contribution is 5.48. The highest BCUT2D eigenvalue weighted by Crippen LogP contribution is 2.40. The summed E-state index contributed by atoms with van der Waals surface area (Å²) in [6.45, 7) is 13.2. The lowest BCUT2D eigenvalue weighted by atomic mass is 9.87. The Morgan fingerprint density at radius 3 is 2.27 bits per heavy atom. The SMILES string of the molecule is COc1cc(C)c2c(c1)CCC(C)(CCC=C(C)CCC=C(C)CCC=C(C)C)O2. The van der Waals surface area contributed by atoms with E-state index in [0.717, 1.165) is 56.4 Å². The molecule has 0 fully saturated rings. The van der Waals surface area contributed by atoms with Crippen LogP contribution in [0.25, 0.3) is 0 Å². The summed E-state index contributed by atoms with van der Waals surface area (Å²) in [6, 6.07) is 4.20. The molecule has 1 unspecified atom stereocenters. The molecule has 166 valence electrons. The van der Waals surface area contributed by atoms with Gasteiger partial charge in [-0.15, -0.1) is 0 Å². The summed E-state index contributed by atoms with van der Waals surface area (Å²) in [7, 11) is 1.73. The van der Waals surface area contributed by atoms with Crippen LogP contribution >= 0.6 is 0 Å². The molecule has 0 saturated carbocycles. The van der Waals surface area contributed by atoms with Crippen LogP contribution in [0.2, 0.25) is 0 Å². The molecular weight excluding hydrogens is 368 g/mol. The van der Waals surface area contributed by atoms with Gasteiger partial charge in [0.05, 0.1) is 7.11 Å². The second-order valence-electron chi connectivity index (χ2n) is 9.48. The van der Waals surface area contributed by atoms with E-state index in [9.17, 15) is 0 Å². The van der Waals surface area contributed by atoms with E-state index < -0.39 is 0 Å². The van der Waals surface area contributed by atoms with Crippen molar-refractivity contribution in [2.45, 2.75) is 98.5 Å². The normalized spacial score (nSPS) is 19.2. The first-order chi connectivity index (χ1) is 14.2. The van der Waals surface area contributed by atoms with Crippen molar-refractivity contribution in [3.63, 3.8) is 0 Å². The van der Waals surface area contributed by atoms with Crippen LogP contribution in [0.1, 0.15) is 90.7 Å². The molecule has 0 spiro atoms. The zero-order valence-corrected chi connectivity index (χ0v) is 20.4. The Bertz CT molecular complexity index is 793. The summed E-state index contributed by atoms with van der Waals surface area (Å²) in [5, 5.41) is 0. The van der Waals surface area contributed by atoms with Gasteiger partial charge in [-0.25, -0.2) is 0 Å². The Hall–Kier alpha value is -1.96. The highest BCUT2D eigenvalue weighted by atomic mass is 16.5. The smallest absolute Gasteiger partial charge is 0.126 e. The van der Waals surface area contributed by atoms with Crippen LogP contribution in [0, 0.1) is 6.92 Å². The average molecular weight is 411 g/mol. The van der Waals surface area contributed by atoms with E-state index >= 15 is 0 Å². The fourth-order valence-electron chi connectivity index (χ4n) is 4.10. The van der Waals surface area contributed by atoms with Crippen LogP contribution in [0.5, 0.6) is 11.5 Å². The van der Waals surface area contributed by atoms with Crippen molar-refractivity contribution in [2.75, 3.05) is 7.11 Å². The lowest BCUT2D eigenvalue weighted by molar-refractivity contribution is 0.0561. The molecule has 1 aromatic rings. The van der Waals surface area contributed by atoms with Crippen LogP contribution < -0.4 is 9.47 Å². The Morgan fingerprint density at radius 2 is 1.63 bits per heavy atom.